The molecular formula is C23H16Cl2INO2. The van der Waals surface area contributed by atoms with E-state index in [1.165, 1.54) is 18.4 Å². The average molecular weight is 536 g/mol. The third-order valence-corrected chi connectivity index (χ3v) is 6.71. The number of hydrogen-bond donors (Lipinski definition) is 1. The summed E-state index contributed by atoms with van der Waals surface area (Å²) >= 11 is 14.6. The van der Waals surface area contributed by atoms with E-state index in [4.69, 9.17) is 27.9 Å². The summed E-state index contributed by atoms with van der Waals surface area (Å²) in [7, 11) is 0. The van der Waals surface area contributed by atoms with Crippen molar-refractivity contribution >= 4 is 73.3 Å². The number of fused-ring (bicyclic) bond motifs is 2. The smallest absolute Gasteiger partial charge is 0.202 e. The lowest BCUT2D eigenvalue weighted by molar-refractivity contribution is 0.0922. The topological polar surface area (TPSA) is 42.1 Å². The second-order valence-electron chi connectivity index (χ2n) is 7.38. The number of ether oxygens (including phenoxy) is 1. The summed E-state index contributed by atoms with van der Waals surface area (Å²) in [6.07, 6.45) is 4.29. The van der Waals surface area contributed by atoms with Crippen molar-refractivity contribution in [3.05, 3.63) is 73.4 Å². The Morgan fingerprint density at radius 3 is 2.72 bits per heavy atom. The van der Waals surface area contributed by atoms with Crippen LogP contribution in [-0.4, -0.2) is 17.4 Å². The van der Waals surface area contributed by atoms with Crippen molar-refractivity contribution in [2.24, 2.45) is 0 Å². The fourth-order valence-electron chi connectivity index (χ4n) is 3.66. The molecule has 29 heavy (non-hydrogen) atoms. The monoisotopic (exact) mass is 535 g/mol. The van der Waals surface area contributed by atoms with Crippen LogP contribution in [0.4, 0.5) is 0 Å². The number of Topliss-reactive ketones (excluding diaryl/α,β-unsaturated/α-hetero) is 1. The van der Waals surface area contributed by atoms with Crippen LogP contribution in [0.25, 0.3) is 21.7 Å². The van der Waals surface area contributed by atoms with Gasteiger partial charge in [-0.3, -0.25) is 4.79 Å². The van der Waals surface area contributed by atoms with E-state index in [0.29, 0.717) is 27.3 Å². The maximum atomic E-state index is 12.8. The van der Waals surface area contributed by atoms with E-state index < -0.39 is 0 Å². The van der Waals surface area contributed by atoms with Crippen molar-refractivity contribution in [2.75, 3.05) is 6.61 Å². The maximum absolute atomic E-state index is 12.8. The van der Waals surface area contributed by atoms with Crippen molar-refractivity contribution in [1.82, 2.24) is 4.98 Å². The van der Waals surface area contributed by atoms with Crippen molar-refractivity contribution < 1.29 is 9.53 Å². The molecule has 1 fully saturated rings. The van der Waals surface area contributed by atoms with Crippen LogP contribution < -0.4 is 4.74 Å². The highest BCUT2D eigenvalue weighted by atomic mass is 127. The van der Waals surface area contributed by atoms with Crippen LogP contribution in [0.3, 0.4) is 0 Å². The second kappa shape index (κ2) is 7.49. The number of H-pyrrole nitrogens is 1. The minimum Gasteiger partial charge on any atom is -0.484 e. The Balaban J connectivity index is 1.39. The van der Waals surface area contributed by atoms with Crippen LogP contribution in [0, 0.1) is 3.57 Å². The third kappa shape index (κ3) is 3.74. The number of aromatic amines is 1. The number of aromatic nitrogens is 1. The largest absolute Gasteiger partial charge is 0.484 e. The molecule has 146 valence electrons. The third-order valence-electron chi connectivity index (χ3n) is 5.33. The van der Waals surface area contributed by atoms with E-state index in [9.17, 15) is 4.79 Å². The zero-order valence-corrected chi connectivity index (χ0v) is 18.9. The number of carbonyl (C=O) groups is 1. The molecule has 0 aliphatic heterocycles. The Kier molecular flexibility index (Phi) is 4.96. The Labute approximate surface area is 191 Å². The molecule has 6 heteroatoms. The van der Waals surface area contributed by atoms with Gasteiger partial charge in [-0.1, -0.05) is 35.3 Å². The summed E-state index contributed by atoms with van der Waals surface area (Å²) in [5, 5.41) is 3.87. The molecule has 1 aliphatic rings. The summed E-state index contributed by atoms with van der Waals surface area (Å²) in [5.41, 5.74) is 3.00. The molecule has 0 unspecified atom stereocenters. The zero-order valence-electron chi connectivity index (χ0n) is 15.3. The molecule has 1 N–H and O–H groups in total. The van der Waals surface area contributed by atoms with Gasteiger partial charge in [-0.15, -0.1) is 0 Å². The maximum Gasteiger partial charge on any atom is 0.202 e. The number of benzene rings is 3. The molecule has 1 saturated carbocycles. The lowest BCUT2D eigenvalue weighted by Gasteiger charge is -2.10. The molecular weight excluding hydrogens is 520 g/mol. The van der Waals surface area contributed by atoms with E-state index in [1.807, 2.05) is 24.3 Å². The Bertz CT molecular complexity index is 1280. The van der Waals surface area contributed by atoms with Gasteiger partial charge < -0.3 is 9.72 Å². The van der Waals surface area contributed by atoms with Crippen LogP contribution >= 0.6 is 45.8 Å². The lowest BCUT2D eigenvalue weighted by Crippen LogP contribution is -2.11. The Morgan fingerprint density at radius 1 is 1.10 bits per heavy atom. The number of hydrogen-bond acceptors (Lipinski definition) is 2. The first-order chi connectivity index (χ1) is 14.0. The molecule has 1 aliphatic carbocycles. The number of ketones is 1. The highest BCUT2D eigenvalue weighted by Crippen LogP contribution is 2.41. The van der Waals surface area contributed by atoms with Gasteiger partial charge in [-0.2, -0.15) is 0 Å². The van der Waals surface area contributed by atoms with Gasteiger partial charge in [0.15, 0.2) is 6.61 Å². The summed E-state index contributed by atoms with van der Waals surface area (Å²) in [5.74, 6) is 1.25. The van der Waals surface area contributed by atoms with Gasteiger partial charge in [0.25, 0.3) is 0 Å². The fraction of sp³-hybridized carbons (Fsp3) is 0.174. The van der Waals surface area contributed by atoms with Crippen LogP contribution in [-0.2, 0) is 0 Å². The predicted molar refractivity (Wildman–Crippen MR) is 127 cm³/mol. The molecule has 3 aromatic carbocycles. The minimum atomic E-state index is -0.0616. The SMILES string of the molecule is O=C(COc1cc2c(Cl)cc(Cl)cc2cc1I)c1c[nH]c2cc(C3CC3)ccc12. The highest BCUT2D eigenvalue weighted by molar-refractivity contribution is 14.1. The van der Waals surface area contributed by atoms with E-state index in [-0.39, 0.29) is 12.4 Å². The highest BCUT2D eigenvalue weighted by Gasteiger charge is 2.24. The summed E-state index contributed by atoms with van der Waals surface area (Å²) < 4.78 is 6.77. The van der Waals surface area contributed by atoms with Gasteiger partial charge in [0.1, 0.15) is 5.75 Å². The zero-order chi connectivity index (χ0) is 20.1. The van der Waals surface area contributed by atoms with Gasteiger partial charge in [-0.25, -0.2) is 0 Å². The molecule has 0 amide bonds. The van der Waals surface area contributed by atoms with Gasteiger partial charge in [0.2, 0.25) is 5.78 Å². The van der Waals surface area contributed by atoms with Crippen molar-refractivity contribution in [2.45, 2.75) is 18.8 Å². The number of carbonyl (C=O) groups excluding carboxylic acids is 1. The van der Waals surface area contributed by atoms with Crippen molar-refractivity contribution in [1.29, 1.82) is 0 Å². The second-order valence-corrected chi connectivity index (χ2v) is 9.39. The van der Waals surface area contributed by atoms with Crippen LogP contribution in [0.5, 0.6) is 5.75 Å². The van der Waals surface area contributed by atoms with Gasteiger partial charge in [0.05, 0.1) is 8.59 Å². The van der Waals surface area contributed by atoms with E-state index >= 15 is 0 Å². The molecule has 3 nitrogen and oxygen atoms in total. The molecule has 0 saturated heterocycles. The first-order valence-electron chi connectivity index (χ1n) is 9.35. The number of rotatable bonds is 5. The van der Waals surface area contributed by atoms with Crippen LogP contribution in [0.15, 0.2) is 48.7 Å². The van der Waals surface area contributed by atoms with E-state index in [2.05, 4.69) is 39.7 Å². The Hall–Kier alpha value is -1.76. The number of halogens is 3. The first-order valence-corrected chi connectivity index (χ1v) is 11.2. The molecule has 0 atom stereocenters. The standard InChI is InChI=1S/C23H16Cl2INO2/c24-15-5-14-6-20(26)23(9-17(14)19(25)8-15)29-11-22(28)18-10-27-21-7-13(12-1-2-12)3-4-16(18)21/h3-10,12,27H,1-2,11H2. The quantitative estimate of drug-likeness (QED) is 0.214. The summed E-state index contributed by atoms with van der Waals surface area (Å²) in [6, 6.07) is 13.7. The normalized spacial score (nSPS) is 13.9. The van der Waals surface area contributed by atoms with Gasteiger partial charge in [-0.05, 0) is 82.6 Å². The summed E-state index contributed by atoms with van der Waals surface area (Å²) in [6.45, 7) is -0.0377. The van der Waals surface area contributed by atoms with E-state index in [0.717, 1.165) is 25.2 Å². The number of nitrogens with one attached hydrogen (secondary N) is 1. The molecule has 0 radical (unpaired) electrons. The predicted octanol–water partition coefficient (Wildman–Crippen LogP) is 7.37. The lowest BCUT2D eigenvalue weighted by atomic mass is 10.1. The van der Waals surface area contributed by atoms with Crippen molar-refractivity contribution in [3.63, 3.8) is 0 Å². The van der Waals surface area contributed by atoms with Crippen molar-refractivity contribution in [3.8, 4) is 5.75 Å². The molecule has 4 aromatic rings. The van der Waals surface area contributed by atoms with Gasteiger partial charge >= 0.3 is 0 Å². The molecule has 5 rings (SSSR count). The van der Waals surface area contributed by atoms with E-state index in [1.54, 1.807) is 12.3 Å². The fourth-order valence-corrected chi connectivity index (χ4v) is 4.87. The van der Waals surface area contributed by atoms with Crippen LogP contribution in [0.2, 0.25) is 10.0 Å². The Morgan fingerprint density at radius 2 is 1.93 bits per heavy atom. The van der Waals surface area contributed by atoms with Crippen LogP contribution in [0.1, 0.15) is 34.7 Å². The summed E-state index contributed by atoms with van der Waals surface area (Å²) in [4.78, 5) is 16.1. The molecule has 0 spiro atoms. The first kappa shape index (κ1) is 19.2. The molecule has 1 aromatic heterocycles. The molecule has 0 bridgehead atoms. The van der Waals surface area contributed by atoms with Gasteiger partial charge in [0, 0.05) is 33.1 Å². The minimum absolute atomic E-state index is 0.0377. The molecule has 1 heterocycles. The average Bonchev–Trinajstić information content (AvgIpc) is 3.45.